The highest BCUT2D eigenvalue weighted by atomic mass is 127. The molecule has 1 heterocycles. The molecule has 0 fully saturated rings. The minimum atomic E-state index is 0. The molecule has 0 bridgehead atoms. The van der Waals surface area contributed by atoms with Gasteiger partial charge in [-0.05, 0) is 6.42 Å². The molecule has 0 radical (unpaired) electrons. The maximum atomic E-state index is 11.8. The number of guanidine groups is 1. The Labute approximate surface area is 166 Å². The summed E-state index contributed by atoms with van der Waals surface area (Å²) in [6, 6.07) is 0. The predicted octanol–water partition coefficient (Wildman–Crippen LogP) is 2.63. The highest BCUT2D eigenvalue weighted by Crippen LogP contribution is 2.18. The van der Waals surface area contributed by atoms with E-state index in [0.29, 0.717) is 5.92 Å². The van der Waals surface area contributed by atoms with Gasteiger partial charge in [-0.1, -0.05) is 20.3 Å². The number of carbonyl (C=O) groups excluding carboxylic acids is 1. The lowest BCUT2D eigenvalue weighted by atomic mass is 10.2. The summed E-state index contributed by atoms with van der Waals surface area (Å²) in [6.45, 7) is 6.15. The SMILES string of the molecule is CCCCNC(=NCC(=O)N(C)C)N(C)CC(C)c1nccs1.I. The van der Waals surface area contributed by atoms with Gasteiger partial charge < -0.3 is 15.1 Å². The lowest BCUT2D eigenvalue weighted by molar-refractivity contribution is -0.127. The van der Waals surface area contributed by atoms with Gasteiger partial charge in [0.05, 0.1) is 5.01 Å². The van der Waals surface area contributed by atoms with Crippen molar-refractivity contribution in [1.82, 2.24) is 20.1 Å². The van der Waals surface area contributed by atoms with Crippen LogP contribution in [0.3, 0.4) is 0 Å². The van der Waals surface area contributed by atoms with Crippen LogP contribution in [-0.4, -0.2) is 67.4 Å². The van der Waals surface area contributed by atoms with Gasteiger partial charge in [0.15, 0.2) is 5.96 Å². The molecular formula is C16H30IN5OS. The first kappa shape index (κ1) is 23.1. The Kier molecular flexibility index (Phi) is 12.0. The summed E-state index contributed by atoms with van der Waals surface area (Å²) in [5.41, 5.74) is 0. The van der Waals surface area contributed by atoms with Gasteiger partial charge in [0.25, 0.3) is 0 Å². The molecule has 0 saturated heterocycles. The first-order chi connectivity index (χ1) is 11.0. The summed E-state index contributed by atoms with van der Waals surface area (Å²) in [5.74, 6) is 1.10. The minimum Gasteiger partial charge on any atom is -0.356 e. The van der Waals surface area contributed by atoms with Crippen molar-refractivity contribution < 1.29 is 4.79 Å². The fourth-order valence-corrected chi connectivity index (χ4v) is 2.72. The molecule has 1 rings (SSSR count). The molecule has 1 unspecified atom stereocenters. The van der Waals surface area contributed by atoms with Gasteiger partial charge in [0.2, 0.25) is 5.91 Å². The van der Waals surface area contributed by atoms with Crippen molar-refractivity contribution in [1.29, 1.82) is 0 Å². The first-order valence-corrected chi connectivity index (χ1v) is 8.92. The van der Waals surface area contributed by atoms with E-state index in [0.717, 1.165) is 36.9 Å². The van der Waals surface area contributed by atoms with Crippen molar-refractivity contribution in [2.24, 2.45) is 4.99 Å². The van der Waals surface area contributed by atoms with E-state index in [1.165, 1.54) is 0 Å². The number of aliphatic imine (C=N–C) groups is 1. The third-order valence-corrected chi connectivity index (χ3v) is 4.47. The van der Waals surface area contributed by atoms with Gasteiger partial charge in [-0.25, -0.2) is 9.98 Å². The van der Waals surface area contributed by atoms with Crippen molar-refractivity contribution in [2.75, 3.05) is 40.8 Å². The Morgan fingerprint density at radius 1 is 1.42 bits per heavy atom. The summed E-state index contributed by atoms with van der Waals surface area (Å²) in [5, 5.41) is 6.47. The molecule has 0 spiro atoms. The number of carbonyl (C=O) groups is 1. The van der Waals surface area contributed by atoms with E-state index in [4.69, 9.17) is 0 Å². The standard InChI is InChI=1S/C16H29N5OS.HI/c1-6-7-8-18-16(19-11-14(22)20(3)4)21(5)12-13(2)15-17-9-10-23-15;/h9-10,13H,6-8,11-12H2,1-5H3,(H,18,19);1H. The lowest BCUT2D eigenvalue weighted by Gasteiger charge is -2.25. The van der Waals surface area contributed by atoms with Gasteiger partial charge in [0, 0.05) is 51.7 Å². The van der Waals surface area contributed by atoms with Gasteiger partial charge in [-0.3, -0.25) is 4.79 Å². The van der Waals surface area contributed by atoms with Crippen LogP contribution in [0.15, 0.2) is 16.6 Å². The normalized spacial score (nSPS) is 12.3. The largest absolute Gasteiger partial charge is 0.356 e. The van der Waals surface area contributed by atoms with E-state index in [1.54, 1.807) is 30.3 Å². The number of rotatable bonds is 8. The van der Waals surface area contributed by atoms with Crippen LogP contribution < -0.4 is 5.32 Å². The summed E-state index contributed by atoms with van der Waals surface area (Å²) in [6.07, 6.45) is 4.04. The fraction of sp³-hybridized carbons (Fsp3) is 0.688. The van der Waals surface area contributed by atoms with Crippen molar-refractivity contribution in [3.05, 3.63) is 16.6 Å². The molecule has 0 aromatic carbocycles. The molecule has 0 aliphatic rings. The number of halogens is 1. The summed E-state index contributed by atoms with van der Waals surface area (Å²) < 4.78 is 0. The van der Waals surface area contributed by atoms with Crippen LogP contribution in [0.4, 0.5) is 0 Å². The molecule has 8 heteroatoms. The molecule has 6 nitrogen and oxygen atoms in total. The Morgan fingerprint density at radius 3 is 2.67 bits per heavy atom. The number of thiazole rings is 1. The molecule has 1 aromatic heterocycles. The Morgan fingerprint density at radius 2 is 2.12 bits per heavy atom. The second kappa shape index (κ2) is 12.5. The Bertz CT molecular complexity index is 493. The van der Waals surface area contributed by atoms with Crippen molar-refractivity contribution in [3.8, 4) is 0 Å². The fourth-order valence-electron chi connectivity index (χ4n) is 2.03. The van der Waals surface area contributed by atoms with Crippen LogP contribution in [0.2, 0.25) is 0 Å². The average Bonchev–Trinajstić information content (AvgIpc) is 3.04. The van der Waals surface area contributed by atoms with Crippen LogP contribution >= 0.6 is 35.3 Å². The lowest BCUT2D eigenvalue weighted by Crippen LogP contribution is -2.42. The van der Waals surface area contributed by atoms with Crippen LogP contribution in [0.25, 0.3) is 0 Å². The topological polar surface area (TPSA) is 60.8 Å². The summed E-state index contributed by atoms with van der Waals surface area (Å²) in [7, 11) is 5.49. The van der Waals surface area contributed by atoms with Crippen LogP contribution in [0.5, 0.6) is 0 Å². The third-order valence-electron chi connectivity index (χ3n) is 3.46. The van der Waals surface area contributed by atoms with Gasteiger partial charge >= 0.3 is 0 Å². The van der Waals surface area contributed by atoms with Gasteiger partial charge in [0.1, 0.15) is 6.54 Å². The zero-order valence-electron chi connectivity index (χ0n) is 15.3. The number of nitrogens with zero attached hydrogens (tertiary/aromatic N) is 4. The Balaban J connectivity index is 0.00000529. The third kappa shape index (κ3) is 8.27. The molecule has 0 aliphatic carbocycles. The quantitative estimate of drug-likeness (QED) is 0.277. The second-order valence-electron chi connectivity index (χ2n) is 5.86. The molecule has 0 saturated carbocycles. The number of amides is 1. The maximum absolute atomic E-state index is 11.8. The first-order valence-electron chi connectivity index (χ1n) is 8.04. The molecule has 24 heavy (non-hydrogen) atoms. The van der Waals surface area contributed by atoms with Crippen molar-refractivity contribution >= 4 is 47.2 Å². The van der Waals surface area contributed by atoms with E-state index in [-0.39, 0.29) is 36.4 Å². The Hall–Kier alpha value is -0.900. The number of hydrogen-bond donors (Lipinski definition) is 1. The molecular weight excluding hydrogens is 437 g/mol. The van der Waals surface area contributed by atoms with Crippen molar-refractivity contribution in [3.63, 3.8) is 0 Å². The highest BCUT2D eigenvalue weighted by Gasteiger charge is 2.14. The van der Waals surface area contributed by atoms with Gasteiger partial charge in [-0.15, -0.1) is 35.3 Å². The molecule has 1 aromatic rings. The van der Waals surface area contributed by atoms with E-state index in [2.05, 4.69) is 34.0 Å². The van der Waals surface area contributed by atoms with E-state index >= 15 is 0 Å². The number of nitrogens with one attached hydrogen (secondary N) is 1. The van der Waals surface area contributed by atoms with E-state index < -0.39 is 0 Å². The molecule has 138 valence electrons. The minimum absolute atomic E-state index is 0. The zero-order chi connectivity index (χ0) is 17.2. The van der Waals surface area contributed by atoms with E-state index in [1.807, 2.05) is 18.6 Å². The smallest absolute Gasteiger partial charge is 0.243 e. The van der Waals surface area contributed by atoms with Crippen LogP contribution in [0, 0.1) is 0 Å². The number of aromatic nitrogens is 1. The van der Waals surface area contributed by atoms with Gasteiger partial charge in [-0.2, -0.15) is 0 Å². The number of unbranched alkanes of at least 4 members (excludes halogenated alkanes) is 1. The zero-order valence-corrected chi connectivity index (χ0v) is 18.4. The predicted molar refractivity (Wildman–Crippen MR) is 112 cm³/mol. The van der Waals surface area contributed by atoms with Crippen molar-refractivity contribution in [2.45, 2.75) is 32.6 Å². The number of likely N-dealkylation sites (N-methyl/N-ethyl adjacent to an activating group) is 2. The highest BCUT2D eigenvalue weighted by molar-refractivity contribution is 14.0. The molecule has 1 N–H and O–H groups in total. The van der Waals surface area contributed by atoms with Crippen LogP contribution in [0.1, 0.15) is 37.6 Å². The molecule has 0 aliphatic heterocycles. The second-order valence-corrected chi connectivity index (χ2v) is 6.79. The molecule has 1 atom stereocenters. The number of hydrogen-bond acceptors (Lipinski definition) is 4. The average molecular weight is 467 g/mol. The molecule has 1 amide bonds. The summed E-state index contributed by atoms with van der Waals surface area (Å²) in [4.78, 5) is 24.3. The van der Waals surface area contributed by atoms with E-state index in [9.17, 15) is 4.79 Å². The summed E-state index contributed by atoms with van der Waals surface area (Å²) >= 11 is 1.67. The maximum Gasteiger partial charge on any atom is 0.243 e. The van der Waals surface area contributed by atoms with Crippen LogP contribution in [-0.2, 0) is 4.79 Å². The monoisotopic (exact) mass is 467 g/mol.